The van der Waals surface area contributed by atoms with Gasteiger partial charge < -0.3 is 10.1 Å². The van der Waals surface area contributed by atoms with E-state index in [-0.39, 0.29) is 23.7 Å². The van der Waals surface area contributed by atoms with Gasteiger partial charge in [0.05, 0.1) is 18.6 Å². The quantitative estimate of drug-likeness (QED) is 0.743. The van der Waals surface area contributed by atoms with Crippen LogP contribution in [0.1, 0.15) is 32.8 Å². The summed E-state index contributed by atoms with van der Waals surface area (Å²) in [4.78, 5) is 12.5. The Morgan fingerprint density at radius 2 is 1.96 bits per heavy atom. The average molecular weight is 362 g/mol. The minimum Gasteiger partial charge on any atom is -0.375 e. The van der Waals surface area contributed by atoms with Crippen LogP contribution in [0.4, 0.5) is 4.39 Å². The summed E-state index contributed by atoms with van der Waals surface area (Å²) in [5.41, 5.74) is 0.160. The first-order chi connectivity index (χ1) is 10.8. The Balaban J connectivity index is 1.80. The Labute approximate surface area is 146 Å². The molecular weight excluding hydrogens is 340 g/mol. The molecule has 3 nitrogen and oxygen atoms in total. The van der Waals surface area contributed by atoms with Crippen molar-refractivity contribution in [3.63, 3.8) is 0 Å². The topological polar surface area (TPSA) is 38.3 Å². The van der Waals surface area contributed by atoms with Crippen LogP contribution in [-0.4, -0.2) is 22.9 Å². The van der Waals surface area contributed by atoms with Gasteiger partial charge in [0.1, 0.15) is 10.2 Å². The zero-order valence-corrected chi connectivity index (χ0v) is 15.0. The molecule has 0 aliphatic heterocycles. The molecule has 0 radical (unpaired) electrons. The molecule has 1 fully saturated rings. The Bertz CT molecular complexity index is 564. The molecule has 128 valence electrons. The van der Waals surface area contributed by atoms with Gasteiger partial charge in [0.25, 0.3) is 0 Å². The molecule has 0 bridgehead atoms. The van der Waals surface area contributed by atoms with Gasteiger partial charge in [-0.15, -0.1) is 23.2 Å². The second kappa shape index (κ2) is 6.96. The lowest BCUT2D eigenvalue weighted by molar-refractivity contribution is -0.128. The molecule has 1 aromatic rings. The van der Waals surface area contributed by atoms with Crippen LogP contribution in [0.3, 0.4) is 0 Å². The maximum Gasteiger partial charge on any atom is 0.229 e. The number of hydrogen-bond donors (Lipinski definition) is 1. The Morgan fingerprint density at radius 1 is 1.39 bits per heavy atom. The minimum atomic E-state index is -0.999. The predicted octanol–water partition coefficient (Wildman–Crippen LogP) is 4.07. The second-order valence-corrected chi connectivity index (χ2v) is 7.57. The molecule has 0 unspecified atom stereocenters. The van der Waals surface area contributed by atoms with E-state index in [1.807, 2.05) is 20.8 Å². The molecule has 1 amide bonds. The van der Waals surface area contributed by atoms with Crippen molar-refractivity contribution < 1.29 is 13.9 Å². The molecule has 0 spiro atoms. The van der Waals surface area contributed by atoms with Crippen LogP contribution in [0.25, 0.3) is 0 Å². The number of carbonyl (C=O) groups is 1. The standard InChI is InChI=1S/C17H22Cl2FNO2/c1-4-16(12(3)17(16,18)19)15(22)21-11(2)9-23-10-13-5-7-14(20)8-6-13/h5-8,11-12H,4,9-10H2,1-3H3,(H,21,22)/t11-,12-,16-/m1/s1. The third-order valence-corrected chi connectivity index (χ3v) is 6.01. The summed E-state index contributed by atoms with van der Waals surface area (Å²) in [6, 6.07) is 5.97. The molecule has 0 aromatic heterocycles. The Morgan fingerprint density at radius 3 is 2.43 bits per heavy atom. The molecule has 3 atom stereocenters. The molecule has 1 aromatic carbocycles. The number of hydrogen-bond acceptors (Lipinski definition) is 2. The molecular formula is C17H22Cl2FNO2. The Kier molecular flexibility index (Phi) is 5.59. The fourth-order valence-electron chi connectivity index (χ4n) is 3.02. The first-order valence-corrected chi connectivity index (χ1v) is 8.52. The highest BCUT2D eigenvalue weighted by Gasteiger charge is 2.76. The van der Waals surface area contributed by atoms with Crippen molar-refractivity contribution in [1.29, 1.82) is 0 Å². The minimum absolute atomic E-state index is 0.0735. The molecule has 0 saturated heterocycles. The van der Waals surface area contributed by atoms with Gasteiger partial charge in [-0.2, -0.15) is 0 Å². The van der Waals surface area contributed by atoms with Gasteiger partial charge in [0.2, 0.25) is 5.91 Å². The van der Waals surface area contributed by atoms with Gasteiger partial charge in [-0.3, -0.25) is 4.79 Å². The van der Waals surface area contributed by atoms with Crippen LogP contribution in [0.5, 0.6) is 0 Å². The largest absolute Gasteiger partial charge is 0.375 e. The van der Waals surface area contributed by atoms with Gasteiger partial charge >= 0.3 is 0 Å². The number of rotatable bonds is 7. The molecule has 2 rings (SSSR count). The third kappa shape index (κ3) is 3.49. The summed E-state index contributed by atoms with van der Waals surface area (Å²) in [7, 11) is 0. The lowest BCUT2D eigenvalue weighted by atomic mass is 9.99. The number of carbonyl (C=O) groups excluding carboxylic acids is 1. The fourth-order valence-corrected chi connectivity index (χ4v) is 4.05. The number of halogens is 3. The van der Waals surface area contributed by atoms with Crippen molar-refractivity contribution in [2.24, 2.45) is 11.3 Å². The van der Waals surface area contributed by atoms with Gasteiger partial charge in [-0.05, 0) is 31.0 Å². The van der Waals surface area contributed by atoms with Crippen molar-refractivity contribution in [2.45, 2.75) is 44.2 Å². The number of nitrogens with one attached hydrogen (secondary N) is 1. The summed E-state index contributed by atoms with van der Waals surface area (Å²) in [6.07, 6.45) is 0.593. The highest BCUT2D eigenvalue weighted by molar-refractivity contribution is 6.53. The summed E-state index contributed by atoms with van der Waals surface area (Å²) in [5, 5.41) is 2.92. The van der Waals surface area contributed by atoms with Crippen molar-refractivity contribution in [2.75, 3.05) is 6.61 Å². The van der Waals surface area contributed by atoms with Crippen LogP contribution in [0, 0.1) is 17.2 Å². The summed E-state index contributed by atoms with van der Waals surface area (Å²) in [5.74, 6) is -0.477. The molecule has 1 N–H and O–H groups in total. The van der Waals surface area contributed by atoms with E-state index in [4.69, 9.17) is 27.9 Å². The third-order valence-electron chi connectivity index (χ3n) is 4.68. The zero-order valence-electron chi connectivity index (χ0n) is 13.5. The van der Waals surface area contributed by atoms with Crippen LogP contribution < -0.4 is 5.32 Å². The van der Waals surface area contributed by atoms with Gasteiger partial charge in [0.15, 0.2) is 0 Å². The maximum absolute atomic E-state index is 12.8. The number of alkyl halides is 2. The Hall–Kier alpha value is -0.840. The number of benzene rings is 1. The van der Waals surface area contributed by atoms with Crippen molar-refractivity contribution >= 4 is 29.1 Å². The second-order valence-electron chi connectivity index (χ2n) is 6.19. The van der Waals surface area contributed by atoms with Crippen molar-refractivity contribution in [3.05, 3.63) is 35.6 Å². The van der Waals surface area contributed by atoms with Gasteiger partial charge in [0, 0.05) is 12.0 Å². The van der Waals surface area contributed by atoms with Crippen LogP contribution in [0.2, 0.25) is 0 Å². The number of ether oxygens (including phenoxy) is 1. The highest BCUT2D eigenvalue weighted by Crippen LogP contribution is 2.70. The average Bonchev–Trinajstić information content (AvgIpc) is 2.94. The SMILES string of the molecule is CC[C@]1(C(=O)N[C@H](C)COCc2ccc(F)cc2)[C@@H](C)C1(Cl)Cl. The molecule has 23 heavy (non-hydrogen) atoms. The van der Waals surface area contributed by atoms with E-state index in [0.717, 1.165) is 5.56 Å². The number of amides is 1. The highest BCUT2D eigenvalue weighted by atomic mass is 35.5. The van der Waals surface area contributed by atoms with Crippen LogP contribution in [-0.2, 0) is 16.1 Å². The summed E-state index contributed by atoms with van der Waals surface area (Å²) >= 11 is 12.5. The van der Waals surface area contributed by atoms with E-state index < -0.39 is 9.75 Å². The molecule has 6 heteroatoms. The zero-order chi connectivity index (χ0) is 17.3. The van der Waals surface area contributed by atoms with E-state index in [1.54, 1.807) is 12.1 Å². The van der Waals surface area contributed by atoms with Crippen LogP contribution >= 0.6 is 23.2 Å². The molecule has 0 heterocycles. The molecule has 1 saturated carbocycles. The molecule has 1 aliphatic rings. The van der Waals surface area contributed by atoms with Gasteiger partial charge in [-0.25, -0.2) is 4.39 Å². The maximum atomic E-state index is 12.8. The molecule has 1 aliphatic carbocycles. The van der Waals surface area contributed by atoms with Crippen LogP contribution in [0.15, 0.2) is 24.3 Å². The first-order valence-electron chi connectivity index (χ1n) is 7.76. The van der Waals surface area contributed by atoms with E-state index in [1.165, 1.54) is 12.1 Å². The smallest absolute Gasteiger partial charge is 0.229 e. The van der Waals surface area contributed by atoms with Crippen molar-refractivity contribution in [3.8, 4) is 0 Å². The van der Waals surface area contributed by atoms with E-state index >= 15 is 0 Å². The summed E-state index contributed by atoms with van der Waals surface area (Å²) in [6.45, 7) is 6.39. The van der Waals surface area contributed by atoms with Gasteiger partial charge in [-0.1, -0.05) is 26.0 Å². The monoisotopic (exact) mass is 361 g/mol. The van der Waals surface area contributed by atoms with E-state index in [0.29, 0.717) is 19.6 Å². The fraction of sp³-hybridized carbons (Fsp3) is 0.588. The van der Waals surface area contributed by atoms with E-state index in [2.05, 4.69) is 5.32 Å². The normalized spacial score (nSPS) is 26.6. The lowest BCUT2D eigenvalue weighted by Crippen LogP contribution is -2.42. The first kappa shape index (κ1) is 18.5. The lowest BCUT2D eigenvalue weighted by Gasteiger charge is -2.20. The summed E-state index contributed by atoms with van der Waals surface area (Å²) < 4.78 is 17.4. The predicted molar refractivity (Wildman–Crippen MR) is 90.0 cm³/mol. The van der Waals surface area contributed by atoms with Crippen molar-refractivity contribution in [1.82, 2.24) is 5.32 Å². The van der Waals surface area contributed by atoms with E-state index in [9.17, 15) is 9.18 Å².